The van der Waals surface area contributed by atoms with Crippen LogP contribution in [0.1, 0.15) is 12.8 Å². The molecule has 8 nitrogen and oxygen atoms in total. The van der Waals surface area contributed by atoms with E-state index in [1.165, 1.54) is 0 Å². The van der Waals surface area contributed by atoms with Crippen molar-refractivity contribution in [1.82, 2.24) is 10.2 Å². The highest BCUT2D eigenvalue weighted by molar-refractivity contribution is 9.11. The molecular formula is C23H25BrN4O4S. The second kappa shape index (κ2) is 10.4. The number of halogens is 1. The van der Waals surface area contributed by atoms with Crippen LogP contribution in [0.2, 0.25) is 0 Å². The average Bonchev–Trinajstić information content (AvgIpc) is 3.29. The Morgan fingerprint density at radius 2 is 1.73 bits per heavy atom. The van der Waals surface area contributed by atoms with Crippen LogP contribution in [0.4, 0.5) is 11.5 Å². The van der Waals surface area contributed by atoms with Gasteiger partial charge in [-0.25, -0.2) is 0 Å². The summed E-state index contributed by atoms with van der Waals surface area (Å²) in [6.07, 6.45) is 1.47. The molecule has 33 heavy (non-hydrogen) atoms. The lowest BCUT2D eigenvalue weighted by atomic mass is 9.95. The number of amides is 1. The molecule has 0 atom stereocenters. The zero-order valence-corrected chi connectivity index (χ0v) is 21.0. The van der Waals surface area contributed by atoms with Gasteiger partial charge >= 0.3 is 0 Å². The molecule has 1 saturated heterocycles. The van der Waals surface area contributed by atoms with Crippen molar-refractivity contribution < 1.29 is 19.0 Å². The lowest BCUT2D eigenvalue weighted by Crippen LogP contribution is -2.38. The van der Waals surface area contributed by atoms with E-state index in [1.807, 2.05) is 24.3 Å². The Morgan fingerprint density at radius 3 is 2.24 bits per heavy atom. The smallest absolute Gasteiger partial charge is 0.227 e. The van der Waals surface area contributed by atoms with E-state index in [-0.39, 0.29) is 11.8 Å². The van der Waals surface area contributed by atoms with Gasteiger partial charge in [0, 0.05) is 36.8 Å². The molecule has 0 bridgehead atoms. The molecule has 1 aliphatic heterocycles. The fraction of sp³-hybridized carbons (Fsp3) is 0.348. The van der Waals surface area contributed by atoms with Crippen LogP contribution in [0.3, 0.4) is 0 Å². The molecule has 1 amide bonds. The minimum Gasteiger partial charge on any atom is -0.493 e. The van der Waals surface area contributed by atoms with Crippen molar-refractivity contribution in [3.63, 3.8) is 0 Å². The minimum atomic E-state index is -0.0870. The van der Waals surface area contributed by atoms with Gasteiger partial charge in [-0.1, -0.05) is 0 Å². The predicted molar refractivity (Wildman–Crippen MR) is 133 cm³/mol. The molecule has 3 heterocycles. The van der Waals surface area contributed by atoms with E-state index in [0.717, 1.165) is 46.1 Å². The Kier molecular flexibility index (Phi) is 7.34. The van der Waals surface area contributed by atoms with E-state index in [1.54, 1.807) is 44.8 Å². The molecule has 0 saturated carbocycles. The van der Waals surface area contributed by atoms with E-state index >= 15 is 0 Å². The highest BCUT2D eigenvalue weighted by Gasteiger charge is 2.26. The van der Waals surface area contributed by atoms with Crippen LogP contribution in [-0.4, -0.2) is 50.5 Å². The summed E-state index contributed by atoms with van der Waals surface area (Å²) < 4.78 is 17.1. The molecule has 0 unspecified atom stereocenters. The number of nitrogens with one attached hydrogen (secondary N) is 1. The van der Waals surface area contributed by atoms with Crippen molar-refractivity contribution in [2.75, 3.05) is 44.6 Å². The summed E-state index contributed by atoms with van der Waals surface area (Å²) >= 11 is 5.10. The molecule has 174 valence electrons. The van der Waals surface area contributed by atoms with Crippen LogP contribution in [0.25, 0.3) is 10.6 Å². The molecule has 0 radical (unpaired) electrons. The minimum absolute atomic E-state index is 0.0198. The average molecular weight is 533 g/mol. The van der Waals surface area contributed by atoms with Crippen molar-refractivity contribution in [2.45, 2.75) is 12.8 Å². The van der Waals surface area contributed by atoms with Crippen molar-refractivity contribution >= 4 is 44.7 Å². The molecule has 1 aromatic carbocycles. The highest BCUT2D eigenvalue weighted by Crippen LogP contribution is 2.40. The van der Waals surface area contributed by atoms with Crippen molar-refractivity contribution in [1.29, 1.82) is 0 Å². The van der Waals surface area contributed by atoms with Gasteiger partial charge in [-0.05, 0) is 53.0 Å². The monoisotopic (exact) mass is 532 g/mol. The molecule has 1 N–H and O–H groups in total. The number of aromatic nitrogens is 2. The first-order valence-corrected chi connectivity index (χ1v) is 12.1. The molecule has 10 heteroatoms. The predicted octanol–water partition coefficient (Wildman–Crippen LogP) is 4.85. The van der Waals surface area contributed by atoms with Gasteiger partial charge in [-0.15, -0.1) is 21.5 Å². The van der Waals surface area contributed by atoms with E-state index in [0.29, 0.717) is 22.9 Å². The molecule has 0 spiro atoms. The third kappa shape index (κ3) is 5.22. The van der Waals surface area contributed by atoms with Gasteiger partial charge in [0.1, 0.15) is 5.69 Å². The summed E-state index contributed by atoms with van der Waals surface area (Å²) in [4.78, 5) is 16.1. The van der Waals surface area contributed by atoms with Crippen molar-refractivity contribution in [2.24, 2.45) is 5.92 Å². The summed E-state index contributed by atoms with van der Waals surface area (Å²) in [5.41, 5.74) is 1.47. The van der Waals surface area contributed by atoms with Gasteiger partial charge in [-0.3, -0.25) is 4.79 Å². The number of ether oxygens (including phenoxy) is 3. The maximum Gasteiger partial charge on any atom is 0.227 e. The quantitative estimate of drug-likeness (QED) is 0.465. The number of benzene rings is 1. The molecule has 1 aliphatic rings. The highest BCUT2D eigenvalue weighted by atomic mass is 79.9. The number of carbonyl (C=O) groups is 1. The molecule has 0 aliphatic carbocycles. The second-order valence-corrected chi connectivity index (χ2v) is 10.0. The standard InChI is InChI=1S/C23H25BrN4O4S/c1-30-17-12-15(13-18(31-2)22(17)32-3)25-23(29)14-8-10-28(11-9-14)21-7-4-16(26-27-21)19-5-6-20(24)33-19/h4-7,12-14H,8-11H2,1-3H3,(H,25,29). The lowest BCUT2D eigenvalue weighted by Gasteiger charge is -2.31. The normalized spacial score (nSPS) is 14.1. The number of methoxy groups -OCH3 is 3. The summed E-state index contributed by atoms with van der Waals surface area (Å²) in [5.74, 6) is 2.21. The molecular weight excluding hydrogens is 508 g/mol. The molecule has 1 fully saturated rings. The van der Waals surface area contributed by atoms with Gasteiger partial charge in [0.05, 0.1) is 30.0 Å². The SMILES string of the molecule is COc1cc(NC(=O)C2CCN(c3ccc(-c4ccc(Br)s4)nn3)CC2)cc(OC)c1OC. The van der Waals surface area contributed by atoms with Gasteiger partial charge in [-0.2, -0.15) is 0 Å². The zero-order valence-electron chi connectivity index (χ0n) is 18.6. The van der Waals surface area contributed by atoms with E-state index in [2.05, 4.69) is 36.3 Å². The Hall–Kier alpha value is -2.85. The first kappa shape index (κ1) is 23.3. The summed E-state index contributed by atoms with van der Waals surface area (Å²) in [7, 11) is 4.65. The van der Waals surface area contributed by atoms with Crippen LogP contribution >= 0.6 is 27.3 Å². The fourth-order valence-electron chi connectivity index (χ4n) is 3.85. The number of carbonyl (C=O) groups excluding carboxylic acids is 1. The Bertz CT molecular complexity index is 1090. The third-order valence-corrected chi connectivity index (χ3v) is 7.24. The van der Waals surface area contributed by atoms with Crippen LogP contribution < -0.4 is 24.4 Å². The first-order valence-electron chi connectivity index (χ1n) is 10.5. The zero-order chi connectivity index (χ0) is 23.4. The number of anilines is 2. The maximum absolute atomic E-state index is 12.9. The Balaban J connectivity index is 1.36. The van der Waals surface area contributed by atoms with Crippen LogP contribution in [0.15, 0.2) is 40.2 Å². The van der Waals surface area contributed by atoms with Crippen LogP contribution in [-0.2, 0) is 4.79 Å². The number of thiophene rings is 1. The first-order chi connectivity index (χ1) is 16.0. The molecule has 2 aromatic heterocycles. The van der Waals surface area contributed by atoms with Gasteiger partial charge < -0.3 is 24.4 Å². The number of nitrogens with zero attached hydrogens (tertiary/aromatic N) is 3. The van der Waals surface area contributed by atoms with Crippen LogP contribution in [0.5, 0.6) is 17.2 Å². The molecule has 4 rings (SSSR count). The van der Waals surface area contributed by atoms with E-state index in [4.69, 9.17) is 14.2 Å². The Morgan fingerprint density at radius 1 is 1.03 bits per heavy atom. The van der Waals surface area contributed by atoms with Crippen molar-refractivity contribution in [3.05, 3.63) is 40.2 Å². The van der Waals surface area contributed by atoms with Gasteiger partial charge in [0.2, 0.25) is 11.7 Å². The number of hydrogen-bond donors (Lipinski definition) is 1. The van der Waals surface area contributed by atoms with Gasteiger partial charge in [0.25, 0.3) is 0 Å². The fourth-order valence-corrected chi connectivity index (χ4v) is 5.20. The summed E-state index contributed by atoms with van der Waals surface area (Å²) in [6.45, 7) is 1.48. The largest absolute Gasteiger partial charge is 0.493 e. The van der Waals surface area contributed by atoms with Crippen LogP contribution in [0, 0.1) is 5.92 Å². The number of hydrogen-bond acceptors (Lipinski definition) is 8. The topological polar surface area (TPSA) is 85.8 Å². The van der Waals surface area contributed by atoms with Gasteiger partial charge in [0.15, 0.2) is 17.3 Å². The summed E-state index contributed by atoms with van der Waals surface area (Å²) in [5, 5.41) is 11.8. The number of piperidine rings is 1. The third-order valence-electron chi connectivity index (χ3n) is 5.60. The second-order valence-electron chi connectivity index (χ2n) is 7.55. The van der Waals surface area contributed by atoms with E-state index in [9.17, 15) is 4.79 Å². The maximum atomic E-state index is 12.9. The number of rotatable bonds is 7. The van der Waals surface area contributed by atoms with Crippen molar-refractivity contribution in [3.8, 4) is 27.8 Å². The Labute approximate surface area is 205 Å². The lowest BCUT2D eigenvalue weighted by molar-refractivity contribution is -0.120. The summed E-state index contributed by atoms with van der Waals surface area (Å²) in [6, 6.07) is 11.5. The molecule has 3 aromatic rings. The van der Waals surface area contributed by atoms with E-state index < -0.39 is 0 Å².